The Bertz CT molecular complexity index is 979. The Kier molecular flexibility index (Phi) is 7.37. The second kappa shape index (κ2) is 10.4. The van der Waals surface area contributed by atoms with E-state index in [1.807, 2.05) is 12.1 Å². The molecule has 8 heteroatoms. The van der Waals surface area contributed by atoms with Gasteiger partial charge in [0.2, 0.25) is 0 Å². The van der Waals surface area contributed by atoms with Crippen LogP contribution >= 0.6 is 0 Å². The molecule has 1 aliphatic carbocycles. The van der Waals surface area contributed by atoms with Gasteiger partial charge in [-0.3, -0.25) is 19.7 Å². The molecule has 1 aliphatic rings. The van der Waals surface area contributed by atoms with Crippen molar-refractivity contribution in [3.8, 4) is 5.75 Å². The molecule has 0 saturated heterocycles. The van der Waals surface area contributed by atoms with E-state index < -0.39 is 10.8 Å². The van der Waals surface area contributed by atoms with Crippen molar-refractivity contribution in [2.75, 3.05) is 7.11 Å². The van der Waals surface area contributed by atoms with Gasteiger partial charge in [0.25, 0.3) is 17.5 Å². The minimum absolute atomic E-state index is 0.0681. The van der Waals surface area contributed by atoms with E-state index in [1.54, 1.807) is 18.2 Å². The molecule has 0 atom stereocenters. The molecule has 31 heavy (non-hydrogen) atoms. The monoisotopic (exact) mass is 423 g/mol. The number of nitrogens with one attached hydrogen (secondary N) is 2. The van der Waals surface area contributed by atoms with E-state index >= 15 is 0 Å². The number of benzene rings is 2. The first-order chi connectivity index (χ1) is 15.0. The number of para-hydroxylation sites is 1. The molecule has 2 aromatic rings. The van der Waals surface area contributed by atoms with Crippen LogP contribution in [0.1, 0.15) is 48.0 Å². The van der Waals surface area contributed by atoms with Gasteiger partial charge in [0.1, 0.15) is 11.4 Å². The Hall–Kier alpha value is -3.68. The Balaban J connectivity index is 1.85. The number of ether oxygens (including phenoxy) is 1. The Morgan fingerprint density at radius 3 is 2.39 bits per heavy atom. The highest BCUT2D eigenvalue weighted by Crippen LogP contribution is 2.21. The van der Waals surface area contributed by atoms with Crippen molar-refractivity contribution in [3.63, 3.8) is 0 Å². The number of hydrogen-bond donors (Lipinski definition) is 2. The van der Waals surface area contributed by atoms with E-state index in [1.165, 1.54) is 31.4 Å². The highest BCUT2D eigenvalue weighted by molar-refractivity contribution is 6.05. The van der Waals surface area contributed by atoms with Crippen molar-refractivity contribution in [1.29, 1.82) is 0 Å². The van der Waals surface area contributed by atoms with Gasteiger partial charge in [0, 0.05) is 29.3 Å². The zero-order valence-corrected chi connectivity index (χ0v) is 17.3. The third kappa shape index (κ3) is 5.91. The van der Waals surface area contributed by atoms with E-state index in [0.29, 0.717) is 11.3 Å². The maximum Gasteiger partial charge on any atom is 0.269 e. The highest BCUT2D eigenvalue weighted by atomic mass is 16.6. The minimum atomic E-state index is -0.535. The molecule has 1 saturated carbocycles. The van der Waals surface area contributed by atoms with Crippen LogP contribution in [-0.4, -0.2) is 29.9 Å². The molecule has 0 spiro atoms. The third-order valence-corrected chi connectivity index (χ3v) is 5.21. The van der Waals surface area contributed by atoms with Crippen LogP contribution in [0.3, 0.4) is 0 Å². The van der Waals surface area contributed by atoms with Gasteiger partial charge in [0.05, 0.1) is 12.0 Å². The van der Waals surface area contributed by atoms with Crippen LogP contribution in [0.25, 0.3) is 6.08 Å². The average Bonchev–Trinajstić information content (AvgIpc) is 2.79. The number of nitrogens with zero attached hydrogens (tertiary/aromatic N) is 1. The molecule has 2 aromatic carbocycles. The predicted octanol–water partition coefficient (Wildman–Crippen LogP) is 3.82. The van der Waals surface area contributed by atoms with Crippen molar-refractivity contribution < 1.29 is 19.2 Å². The third-order valence-electron chi connectivity index (χ3n) is 5.21. The molecule has 0 heterocycles. The smallest absolute Gasteiger partial charge is 0.269 e. The SMILES string of the molecule is COc1ccccc1C=C(NC(=O)c1ccc([N+](=O)[O-])cc1)C(=O)NC1CCCCC1. The van der Waals surface area contributed by atoms with E-state index in [0.717, 1.165) is 32.1 Å². The Labute approximate surface area is 180 Å². The Morgan fingerprint density at radius 1 is 1.06 bits per heavy atom. The summed E-state index contributed by atoms with van der Waals surface area (Å²) in [4.78, 5) is 36.0. The molecular weight excluding hydrogens is 398 g/mol. The maximum atomic E-state index is 13.0. The Morgan fingerprint density at radius 2 is 1.74 bits per heavy atom. The fourth-order valence-corrected chi connectivity index (χ4v) is 3.54. The largest absolute Gasteiger partial charge is 0.496 e. The summed E-state index contributed by atoms with van der Waals surface area (Å²) in [7, 11) is 1.53. The van der Waals surface area contributed by atoms with E-state index in [9.17, 15) is 19.7 Å². The first kappa shape index (κ1) is 22.0. The predicted molar refractivity (Wildman–Crippen MR) is 117 cm³/mol. The lowest BCUT2D eigenvalue weighted by Gasteiger charge is -2.23. The molecule has 0 bridgehead atoms. The van der Waals surface area contributed by atoms with Gasteiger partial charge in [-0.05, 0) is 37.1 Å². The fourth-order valence-electron chi connectivity index (χ4n) is 3.54. The van der Waals surface area contributed by atoms with Crippen LogP contribution < -0.4 is 15.4 Å². The van der Waals surface area contributed by atoms with E-state index in [4.69, 9.17) is 4.74 Å². The molecule has 2 amide bonds. The lowest BCUT2D eigenvalue weighted by Crippen LogP contribution is -2.41. The van der Waals surface area contributed by atoms with Gasteiger partial charge in [-0.1, -0.05) is 37.5 Å². The summed E-state index contributed by atoms with van der Waals surface area (Å²) in [6.45, 7) is 0. The standard InChI is InChI=1S/C23H25N3O5/c1-31-21-10-6-5-7-17(21)15-20(23(28)24-18-8-3-2-4-9-18)25-22(27)16-11-13-19(14-12-16)26(29)30/h5-7,10-15,18H,2-4,8-9H2,1H3,(H,24,28)(H,25,27). The summed E-state index contributed by atoms with van der Waals surface area (Å²) in [6, 6.07) is 12.4. The molecular formula is C23H25N3O5. The second-order valence-electron chi connectivity index (χ2n) is 7.37. The first-order valence-electron chi connectivity index (χ1n) is 10.2. The van der Waals surface area contributed by atoms with Crippen molar-refractivity contribution >= 4 is 23.6 Å². The summed E-state index contributed by atoms with van der Waals surface area (Å²) in [5, 5.41) is 16.5. The summed E-state index contributed by atoms with van der Waals surface area (Å²) in [6.07, 6.45) is 6.67. The van der Waals surface area contributed by atoms with Gasteiger partial charge in [-0.25, -0.2) is 0 Å². The summed E-state index contributed by atoms with van der Waals surface area (Å²) in [5.74, 6) is -0.349. The number of carbonyl (C=O) groups is 2. The zero-order valence-electron chi connectivity index (χ0n) is 17.3. The quantitative estimate of drug-likeness (QED) is 0.400. The van der Waals surface area contributed by atoms with Crippen LogP contribution in [0.2, 0.25) is 0 Å². The van der Waals surface area contributed by atoms with Gasteiger partial charge in [-0.15, -0.1) is 0 Å². The number of rotatable bonds is 7. The van der Waals surface area contributed by atoms with Crippen LogP contribution in [-0.2, 0) is 4.79 Å². The first-order valence-corrected chi connectivity index (χ1v) is 10.2. The van der Waals surface area contributed by atoms with E-state index in [2.05, 4.69) is 10.6 Å². The molecule has 3 rings (SSSR count). The second-order valence-corrected chi connectivity index (χ2v) is 7.37. The topological polar surface area (TPSA) is 111 Å². The van der Waals surface area contributed by atoms with Crippen molar-refractivity contribution in [3.05, 3.63) is 75.5 Å². The number of non-ortho nitro benzene ring substituents is 1. The molecule has 0 unspecified atom stereocenters. The number of nitro groups is 1. The lowest BCUT2D eigenvalue weighted by atomic mass is 9.95. The lowest BCUT2D eigenvalue weighted by molar-refractivity contribution is -0.384. The van der Waals surface area contributed by atoms with Crippen LogP contribution in [0.5, 0.6) is 5.75 Å². The number of carbonyl (C=O) groups excluding carboxylic acids is 2. The molecule has 1 fully saturated rings. The molecule has 8 nitrogen and oxygen atoms in total. The molecule has 0 aromatic heterocycles. The van der Waals surface area contributed by atoms with Crippen LogP contribution in [0, 0.1) is 10.1 Å². The summed E-state index contributed by atoms with van der Waals surface area (Å²) >= 11 is 0. The summed E-state index contributed by atoms with van der Waals surface area (Å²) < 4.78 is 5.35. The molecule has 162 valence electrons. The van der Waals surface area contributed by atoms with Crippen molar-refractivity contribution in [2.45, 2.75) is 38.1 Å². The van der Waals surface area contributed by atoms with E-state index in [-0.39, 0.29) is 28.9 Å². The zero-order chi connectivity index (χ0) is 22.2. The molecule has 2 N–H and O–H groups in total. The highest BCUT2D eigenvalue weighted by Gasteiger charge is 2.21. The maximum absolute atomic E-state index is 13.0. The summed E-state index contributed by atoms with van der Waals surface area (Å²) in [5.41, 5.74) is 0.819. The normalized spacial score (nSPS) is 14.5. The van der Waals surface area contributed by atoms with Crippen LogP contribution in [0.15, 0.2) is 54.2 Å². The van der Waals surface area contributed by atoms with Crippen LogP contribution in [0.4, 0.5) is 5.69 Å². The van der Waals surface area contributed by atoms with Gasteiger partial charge >= 0.3 is 0 Å². The van der Waals surface area contributed by atoms with Crippen molar-refractivity contribution in [2.24, 2.45) is 0 Å². The van der Waals surface area contributed by atoms with Gasteiger partial charge in [0.15, 0.2) is 0 Å². The number of nitro benzene ring substituents is 1. The number of hydrogen-bond acceptors (Lipinski definition) is 5. The van der Waals surface area contributed by atoms with Gasteiger partial charge in [-0.2, -0.15) is 0 Å². The van der Waals surface area contributed by atoms with Crippen molar-refractivity contribution in [1.82, 2.24) is 10.6 Å². The van der Waals surface area contributed by atoms with Gasteiger partial charge < -0.3 is 15.4 Å². The average molecular weight is 423 g/mol. The number of methoxy groups -OCH3 is 1. The molecule has 0 radical (unpaired) electrons. The number of amides is 2. The fraction of sp³-hybridized carbons (Fsp3) is 0.304. The minimum Gasteiger partial charge on any atom is -0.496 e. The molecule has 0 aliphatic heterocycles.